The number of allylic oxidation sites excluding steroid dienone is 1. The third kappa shape index (κ3) is 3.95. The Kier molecular flexibility index (Phi) is 5.31. The van der Waals surface area contributed by atoms with Crippen molar-refractivity contribution in [3.63, 3.8) is 0 Å². The number of carbonyl (C=O) groups is 1. The van der Waals surface area contributed by atoms with Gasteiger partial charge in [0.2, 0.25) is 0 Å². The van der Waals surface area contributed by atoms with Crippen LogP contribution in [0.5, 0.6) is 0 Å². The van der Waals surface area contributed by atoms with Crippen molar-refractivity contribution in [2.45, 2.75) is 20.4 Å². The first-order valence-electron chi connectivity index (χ1n) is 7.13. The molecule has 1 aromatic carbocycles. The van der Waals surface area contributed by atoms with Crippen molar-refractivity contribution < 1.29 is 9.53 Å². The molecule has 0 radical (unpaired) electrons. The summed E-state index contributed by atoms with van der Waals surface area (Å²) in [5.41, 5.74) is 4.04. The Morgan fingerprint density at radius 1 is 1.23 bits per heavy atom. The molecule has 1 heterocycles. The van der Waals surface area contributed by atoms with Crippen LogP contribution in [-0.2, 0) is 16.1 Å². The molecule has 22 heavy (non-hydrogen) atoms. The minimum absolute atomic E-state index is 0.365. The summed E-state index contributed by atoms with van der Waals surface area (Å²) < 4.78 is 6.53. The number of esters is 1. The van der Waals surface area contributed by atoms with Crippen LogP contribution in [-0.4, -0.2) is 22.9 Å². The topological polar surface area (TPSA) is 44.1 Å². The number of nitrogens with zero attached hydrogens (tertiary/aromatic N) is 2. The number of aromatic nitrogens is 2. The van der Waals surface area contributed by atoms with Crippen LogP contribution in [0, 0.1) is 13.8 Å². The molecule has 0 amide bonds. The molecule has 1 aromatic heterocycles. The lowest BCUT2D eigenvalue weighted by atomic mass is 10.2. The Bertz CT molecular complexity index is 697. The molecule has 0 saturated carbocycles. The van der Waals surface area contributed by atoms with Crippen molar-refractivity contribution in [1.29, 1.82) is 0 Å². The van der Waals surface area contributed by atoms with E-state index < -0.39 is 0 Å². The predicted molar refractivity (Wildman–Crippen MR) is 88.2 cm³/mol. The number of carbonyl (C=O) groups excluding carboxylic acids is 1. The maximum atomic E-state index is 11.2. The molecule has 2 rings (SSSR count). The third-order valence-corrected chi connectivity index (χ3v) is 3.41. The van der Waals surface area contributed by atoms with E-state index in [1.54, 1.807) is 6.08 Å². The van der Waals surface area contributed by atoms with Crippen LogP contribution in [0.2, 0.25) is 0 Å². The maximum Gasteiger partial charge on any atom is 0.330 e. The third-order valence-electron chi connectivity index (χ3n) is 3.41. The second-order valence-electron chi connectivity index (χ2n) is 4.94. The number of ether oxygens (including phenoxy) is 1. The summed E-state index contributed by atoms with van der Waals surface area (Å²) >= 11 is 0. The summed E-state index contributed by atoms with van der Waals surface area (Å²) in [5, 5.41) is 4.51. The zero-order valence-corrected chi connectivity index (χ0v) is 13.1. The molecule has 114 valence electrons. The second-order valence-corrected chi connectivity index (χ2v) is 4.94. The first kappa shape index (κ1) is 15.8. The van der Waals surface area contributed by atoms with E-state index in [-0.39, 0.29) is 5.97 Å². The van der Waals surface area contributed by atoms with Gasteiger partial charge in [0.15, 0.2) is 0 Å². The van der Waals surface area contributed by atoms with Crippen LogP contribution >= 0.6 is 0 Å². The van der Waals surface area contributed by atoms with E-state index in [9.17, 15) is 4.79 Å². The molecule has 0 bridgehead atoms. The molecule has 0 fully saturated rings. The minimum atomic E-state index is -0.365. The first-order valence-corrected chi connectivity index (χ1v) is 7.13. The monoisotopic (exact) mass is 296 g/mol. The van der Waals surface area contributed by atoms with Crippen molar-refractivity contribution in [2.75, 3.05) is 7.11 Å². The zero-order chi connectivity index (χ0) is 15.9. The molecule has 0 aliphatic carbocycles. The number of benzene rings is 1. The Labute approximate surface area is 130 Å². The zero-order valence-electron chi connectivity index (χ0n) is 13.1. The van der Waals surface area contributed by atoms with Crippen molar-refractivity contribution in [1.82, 2.24) is 9.78 Å². The van der Waals surface area contributed by atoms with E-state index in [0.717, 1.165) is 22.5 Å². The van der Waals surface area contributed by atoms with Crippen LogP contribution in [0.1, 0.15) is 22.5 Å². The number of hydrogen-bond donors (Lipinski definition) is 0. The summed E-state index contributed by atoms with van der Waals surface area (Å²) in [4.78, 5) is 11.2. The Morgan fingerprint density at radius 3 is 2.64 bits per heavy atom. The second kappa shape index (κ2) is 7.41. The minimum Gasteiger partial charge on any atom is -0.466 e. The predicted octanol–water partition coefficient (Wildman–Crippen LogP) is 3.40. The van der Waals surface area contributed by atoms with Gasteiger partial charge in [0, 0.05) is 17.3 Å². The number of hydrogen-bond acceptors (Lipinski definition) is 3. The first-order chi connectivity index (χ1) is 10.6. The van der Waals surface area contributed by atoms with E-state index in [2.05, 4.69) is 34.1 Å². The maximum absolute atomic E-state index is 11.2. The van der Waals surface area contributed by atoms with Crippen LogP contribution < -0.4 is 0 Å². The van der Waals surface area contributed by atoms with E-state index in [1.807, 2.05) is 36.7 Å². The fraction of sp³-hybridized carbons (Fsp3) is 0.222. The fourth-order valence-electron chi connectivity index (χ4n) is 2.20. The highest BCUT2D eigenvalue weighted by atomic mass is 16.5. The molecule has 0 atom stereocenters. The van der Waals surface area contributed by atoms with Gasteiger partial charge in [-0.15, -0.1) is 0 Å². The van der Waals surface area contributed by atoms with Gasteiger partial charge < -0.3 is 4.74 Å². The smallest absolute Gasteiger partial charge is 0.330 e. The molecule has 4 nitrogen and oxygen atoms in total. The van der Waals surface area contributed by atoms with Gasteiger partial charge in [0.1, 0.15) is 0 Å². The van der Waals surface area contributed by atoms with Crippen molar-refractivity contribution in [3.8, 4) is 0 Å². The molecular weight excluding hydrogens is 276 g/mol. The molecule has 0 aliphatic rings. The van der Waals surface area contributed by atoms with Gasteiger partial charge in [-0.2, -0.15) is 5.10 Å². The van der Waals surface area contributed by atoms with E-state index in [1.165, 1.54) is 13.2 Å². The van der Waals surface area contributed by atoms with Crippen LogP contribution in [0.15, 0.2) is 42.5 Å². The lowest BCUT2D eigenvalue weighted by Gasteiger charge is -2.00. The summed E-state index contributed by atoms with van der Waals surface area (Å²) in [6, 6.07) is 10.1. The summed E-state index contributed by atoms with van der Waals surface area (Å²) in [5.74, 6) is -0.365. The van der Waals surface area contributed by atoms with E-state index in [4.69, 9.17) is 0 Å². The molecule has 0 saturated heterocycles. The summed E-state index contributed by atoms with van der Waals surface area (Å²) in [7, 11) is 1.37. The van der Waals surface area contributed by atoms with Gasteiger partial charge >= 0.3 is 5.97 Å². The highest BCUT2D eigenvalue weighted by Gasteiger charge is 2.08. The van der Waals surface area contributed by atoms with E-state index >= 15 is 0 Å². The van der Waals surface area contributed by atoms with Crippen LogP contribution in [0.4, 0.5) is 0 Å². The molecule has 0 N–H and O–H groups in total. The standard InChI is InChI=1S/C18H20N2O2/c1-14-17(11-12-18(21)22-3)15(2)20(19-14)13-7-10-16-8-5-4-6-9-16/h4-12H,13H2,1-3H3/b10-7+,12-11+. The average Bonchev–Trinajstić information content (AvgIpc) is 2.80. The number of aryl methyl sites for hydroxylation is 1. The number of rotatable bonds is 5. The number of methoxy groups -OCH3 is 1. The Morgan fingerprint density at radius 2 is 1.95 bits per heavy atom. The molecule has 0 aliphatic heterocycles. The normalized spacial score (nSPS) is 11.4. The lowest BCUT2D eigenvalue weighted by Crippen LogP contribution is -2.00. The van der Waals surface area contributed by atoms with Crippen LogP contribution in [0.25, 0.3) is 12.2 Å². The van der Waals surface area contributed by atoms with Gasteiger partial charge in [-0.25, -0.2) is 4.79 Å². The van der Waals surface area contributed by atoms with Crippen molar-refractivity contribution in [2.24, 2.45) is 0 Å². The molecule has 2 aromatic rings. The van der Waals surface area contributed by atoms with E-state index in [0.29, 0.717) is 6.54 Å². The highest BCUT2D eigenvalue weighted by molar-refractivity contribution is 5.87. The largest absolute Gasteiger partial charge is 0.466 e. The Balaban J connectivity index is 2.11. The Hall–Kier alpha value is -2.62. The molecule has 4 heteroatoms. The lowest BCUT2D eigenvalue weighted by molar-refractivity contribution is -0.134. The molecule has 0 spiro atoms. The molecular formula is C18H20N2O2. The highest BCUT2D eigenvalue weighted by Crippen LogP contribution is 2.15. The summed E-state index contributed by atoms with van der Waals surface area (Å²) in [6.45, 7) is 4.61. The SMILES string of the molecule is COC(=O)/C=C/c1c(C)nn(C/C=C/c2ccccc2)c1C. The van der Waals surface area contributed by atoms with Gasteiger partial charge in [-0.1, -0.05) is 42.5 Å². The average molecular weight is 296 g/mol. The van der Waals surface area contributed by atoms with Gasteiger partial charge in [-0.3, -0.25) is 4.68 Å². The fourth-order valence-corrected chi connectivity index (χ4v) is 2.20. The van der Waals surface area contributed by atoms with Crippen molar-refractivity contribution in [3.05, 3.63) is 65.0 Å². The van der Waals surface area contributed by atoms with Gasteiger partial charge in [0.25, 0.3) is 0 Å². The van der Waals surface area contributed by atoms with Crippen LogP contribution in [0.3, 0.4) is 0 Å². The van der Waals surface area contributed by atoms with Gasteiger partial charge in [0.05, 0.1) is 19.3 Å². The summed E-state index contributed by atoms with van der Waals surface area (Å²) in [6.07, 6.45) is 7.31. The van der Waals surface area contributed by atoms with Gasteiger partial charge in [-0.05, 0) is 25.5 Å². The van der Waals surface area contributed by atoms with Crippen molar-refractivity contribution >= 4 is 18.1 Å². The molecule has 0 unspecified atom stereocenters. The quantitative estimate of drug-likeness (QED) is 0.627.